The normalized spacial score (nSPS) is 11.5. The molecule has 0 saturated carbocycles. The van der Waals surface area contributed by atoms with Gasteiger partial charge in [-0.15, -0.1) is 0 Å². The lowest BCUT2D eigenvalue weighted by Crippen LogP contribution is -2.03. The molecule has 3 rings (SSSR count). The van der Waals surface area contributed by atoms with Crippen molar-refractivity contribution in [2.75, 3.05) is 12.0 Å². The third kappa shape index (κ3) is 3.57. The predicted molar refractivity (Wildman–Crippen MR) is 96.2 cm³/mol. The largest absolute Gasteiger partial charge is 0.487 e. The molecule has 2 N–H and O–H groups in total. The van der Waals surface area contributed by atoms with E-state index >= 15 is 0 Å². The summed E-state index contributed by atoms with van der Waals surface area (Å²) in [4.78, 5) is 18.2. The highest BCUT2D eigenvalue weighted by molar-refractivity contribution is 5.99. The number of para-hydroxylation sites is 2. The molecule has 0 saturated heterocycles. The highest BCUT2D eigenvalue weighted by Crippen LogP contribution is 2.28. The second-order valence-electron chi connectivity index (χ2n) is 5.28. The molecule has 0 bridgehead atoms. The summed E-state index contributed by atoms with van der Waals surface area (Å²) in [6.45, 7) is 3.90. The van der Waals surface area contributed by atoms with Crippen LogP contribution in [0.2, 0.25) is 0 Å². The zero-order valence-electron chi connectivity index (χ0n) is 13.8. The predicted octanol–water partition coefficient (Wildman–Crippen LogP) is 3.71. The summed E-state index contributed by atoms with van der Waals surface area (Å²) in [5.41, 5.74) is 5.69. The van der Waals surface area contributed by atoms with Crippen molar-refractivity contribution in [3.63, 3.8) is 0 Å². The molecule has 0 unspecified atom stereocenters. The summed E-state index contributed by atoms with van der Waals surface area (Å²) in [6, 6.07) is 12.4. The first-order valence-corrected chi connectivity index (χ1v) is 7.75. The van der Waals surface area contributed by atoms with Crippen molar-refractivity contribution < 1.29 is 9.66 Å². The molecule has 1 heterocycles. The van der Waals surface area contributed by atoms with Gasteiger partial charge in [-0.2, -0.15) is 5.10 Å². The van der Waals surface area contributed by atoms with E-state index in [0.717, 1.165) is 11.0 Å². The van der Waals surface area contributed by atoms with Crippen LogP contribution in [0.4, 0.5) is 11.6 Å². The lowest BCUT2D eigenvalue weighted by Gasteiger charge is -2.06. The van der Waals surface area contributed by atoms with Crippen LogP contribution in [0.5, 0.6) is 5.75 Å². The lowest BCUT2D eigenvalue weighted by atomic mass is 10.1. The van der Waals surface area contributed by atoms with Crippen LogP contribution in [0.1, 0.15) is 19.4 Å². The molecule has 3 aromatic rings. The van der Waals surface area contributed by atoms with E-state index in [4.69, 9.17) is 4.74 Å². The number of nitro groups is 1. The Bertz CT molecular complexity index is 915. The van der Waals surface area contributed by atoms with Crippen LogP contribution in [0.15, 0.2) is 47.6 Å². The molecule has 0 aliphatic rings. The van der Waals surface area contributed by atoms with Gasteiger partial charge in [-0.05, 0) is 38.1 Å². The van der Waals surface area contributed by atoms with E-state index in [2.05, 4.69) is 20.5 Å². The van der Waals surface area contributed by atoms with E-state index in [0.29, 0.717) is 23.8 Å². The average Bonchev–Trinajstić information content (AvgIpc) is 3.03. The van der Waals surface area contributed by atoms with Crippen LogP contribution >= 0.6 is 0 Å². The molecule has 0 aliphatic carbocycles. The fraction of sp³-hybridized carbons (Fsp3) is 0.176. The number of hydrogen-bond acceptors (Lipinski definition) is 6. The SMILES string of the molecule is CCOc1ccc(/C(C)=N/Nc2nc3ccccc3[nH]2)cc1[N+](=O)[O-]. The summed E-state index contributed by atoms with van der Waals surface area (Å²) >= 11 is 0. The van der Waals surface area contributed by atoms with Gasteiger partial charge in [0.15, 0.2) is 5.75 Å². The Hall–Kier alpha value is -3.42. The number of aromatic nitrogens is 2. The third-order valence-corrected chi connectivity index (χ3v) is 3.59. The van der Waals surface area contributed by atoms with Crippen LogP contribution < -0.4 is 10.2 Å². The van der Waals surface area contributed by atoms with Crippen molar-refractivity contribution in [2.45, 2.75) is 13.8 Å². The van der Waals surface area contributed by atoms with E-state index in [9.17, 15) is 10.1 Å². The molecular formula is C17H17N5O3. The van der Waals surface area contributed by atoms with E-state index < -0.39 is 4.92 Å². The topological polar surface area (TPSA) is 105 Å². The Morgan fingerprint density at radius 3 is 2.88 bits per heavy atom. The van der Waals surface area contributed by atoms with Crippen LogP contribution in [0.3, 0.4) is 0 Å². The van der Waals surface area contributed by atoms with Crippen molar-refractivity contribution in [3.8, 4) is 5.75 Å². The van der Waals surface area contributed by atoms with E-state index in [-0.39, 0.29) is 11.4 Å². The molecule has 128 valence electrons. The van der Waals surface area contributed by atoms with Gasteiger partial charge in [-0.25, -0.2) is 10.4 Å². The maximum Gasteiger partial charge on any atom is 0.311 e. The minimum atomic E-state index is -0.464. The number of nitrogens with zero attached hydrogens (tertiary/aromatic N) is 3. The van der Waals surface area contributed by atoms with E-state index in [1.165, 1.54) is 6.07 Å². The van der Waals surface area contributed by atoms with Crippen LogP contribution in [-0.4, -0.2) is 27.2 Å². The third-order valence-electron chi connectivity index (χ3n) is 3.59. The van der Waals surface area contributed by atoms with Crippen molar-refractivity contribution >= 4 is 28.4 Å². The molecule has 1 aromatic heterocycles. The first kappa shape index (κ1) is 16.4. The summed E-state index contributed by atoms with van der Waals surface area (Å²) in [6.07, 6.45) is 0. The molecule has 0 amide bonds. The number of anilines is 1. The number of imidazole rings is 1. The number of aromatic amines is 1. The van der Waals surface area contributed by atoms with Crippen molar-refractivity contribution in [1.82, 2.24) is 9.97 Å². The van der Waals surface area contributed by atoms with Gasteiger partial charge in [0.1, 0.15) is 0 Å². The Morgan fingerprint density at radius 2 is 2.16 bits per heavy atom. The molecule has 0 aliphatic heterocycles. The zero-order chi connectivity index (χ0) is 17.8. The molecule has 25 heavy (non-hydrogen) atoms. The average molecular weight is 339 g/mol. The number of nitro benzene ring substituents is 1. The van der Waals surface area contributed by atoms with Crippen LogP contribution in [-0.2, 0) is 0 Å². The monoisotopic (exact) mass is 339 g/mol. The number of benzene rings is 2. The molecule has 2 aromatic carbocycles. The lowest BCUT2D eigenvalue weighted by molar-refractivity contribution is -0.385. The minimum absolute atomic E-state index is 0.0855. The van der Waals surface area contributed by atoms with Crippen molar-refractivity contribution in [2.24, 2.45) is 5.10 Å². The fourth-order valence-electron chi connectivity index (χ4n) is 2.37. The smallest absolute Gasteiger partial charge is 0.311 e. The highest BCUT2D eigenvalue weighted by atomic mass is 16.6. The van der Waals surface area contributed by atoms with E-state index in [1.54, 1.807) is 26.0 Å². The summed E-state index contributed by atoms with van der Waals surface area (Å²) in [5.74, 6) is 0.746. The van der Waals surface area contributed by atoms with Crippen LogP contribution in [0, 0.1) is 10.1 Å². The number of fused-ring (bicyclic) bond motifs is 1. The standard InChI is InChI=1S/C17H17N5O3/c1-3-25-16-9-8-12(10-15(16)22(23)24)11(2)20-21-17-18-13-6-4-5-7-14(13)19-17/h4-10H,3H2,1-2H3,(H2,18,19,21)/b20-11+. The van der Waals surface area contributed by atoms with Gasteiger partial charge in [-0.1, -0.05) is 12.1 Å². The Kier molecular flexibility index (Phi) is 4.60. The Labute approximate surface area is 143 Å². The van der Waals surface area contributed by atoms with Crippen molar-refractivity contribution in [3.05, 3.63) is 58.1 Å². The Balaban J connectivity index is 1.84. The minimum Gasteiger partial charge on any atom is -0.487 e. The number of hydrazone groups is 1. The molecule has 0 atom stereocenters. The van der Waals surface area contributed by atoms with Crippen LogP contribution in [0.25, 0.3) is 11.0 Å². The van der Waals surface area contributed by atoms with Gasteiger partial charge in [0.25, 0.3) is 0 Å². The van der Waals surface area contributed by atoms with Gasteiger partial charge >= 0.3 is 5.69 Å². The number of H-pyrrole nitrogens is 1. The van der Waals surface area contributed by atoms with Gasteiger partial charge in [0.2, 0.25) is 5.95 Å². The molecule has 0 fully saturated rings. The Morgan fingerprint density at radius 1 is 1.36 bits per heavy atom. The van der Waals surface area contributed by atoms with Gasteiger partial charge in [-0.3, -0.25) is 10.1 Å². The number of rotatable bonds is 6. The quantitative estimate of drug-likeness (QED) is 0.404. The fourth-order valence-corrected chi connectivity index (χ4v) is 2.37. The maximum absolute atomic E-state index is 11.2. The van der Waals surface area contributed by atoms with Crippen molar-refractivity contribution in [1.29, 1.82) is 0 Å². The van der Waals surface area contributed by atoms with E-state index in [1.807, 2.05) is 24.3 Å². The molecule has 8 heteroatoms. The molecule has 0 spiro atoms. The maximum atomic E-state index is 11.2. The first-order valence-electron chi connectivity index (χ1n) is 7.75. The number of hydrogen-bond donors (Lipinski definition) is 2. The van der Waals surface area contributed by atoms with Gasteiger partial charge < -0.3 is 9.72 Å². The highest BCUT2D eigenvalue weighted by Gasteiger charge is 2.16. The molecular weight excluding hydrogens is 322 g/mol. The summed E-state index contributed by atoms with van der Waals surface area (Å²) < 4.78 is 5.28. The summed E-state index contributed by atoms with van der Waals surface area (Å²) in [5, 5.41) is 15.5. The second kappa shape index (κ2) is 7.00. The first-order chi connectivity index (χ1) is 12.1. The summed E-state index contributed by atoms with van der Waals surface area (Å²) in [7, 11) is 0. The van der Waals surface area contributed by atoms with Gasteiger partial charge in [0.05, 0.1) is 28.3 Å². The zero-order valence-corrected chi connectivity index (χ0v) is 13.8. The number of nitrogens with one attached hydrogen (secondary N) is 2. The number of ether oxygens (including phenoxy) is 1. The second-order valence-corrected chi connectivity index (χ2v) is 5.28. The molecule has 8 nitrogen and oxygen atoms in total. The molecule has 0 radical (unpaired) electrons. The van der Waals surface area contributed by atoms with Gasteiger partial charge in [0, 0.05) is 11.6 Å².